The van der Waals surface area contributed by atoms with E-state index in [2.05, 4.69) is 50.0 Å². The molecule has 144 valence electrons. The summed E-state index contributed by atoms with van der Waals surface area (Å²) in [6.45, 7) is 4.54. The zero-order valence-corrected chi connectivity index (χ0v) is 15.5. The molecule has 1 aliphatic rings. The van der Waals surface area contributed by atoms with E-state index in [9.17, 15) is 4.79 Å². The second-order valence-electron chi connectivity index (χ2n) is 6.73. The smallest absolute Gasteiger partial charge is 0.258 e. The van der Waals surface area contributed by atoms with E-state index in [1.54, 1.807) is 6.20 Å². The molecule has 1 aliphatic heterocycles. The van der Waals surface area contributed by atoms with E-state index in [0.717, 1.165) is 49.9 Å². The van der Waals surface area contributed by atoms with Crippen molar-refractivity contribution in [1.29, 1.82) is 0 Å². The van der Waals surface area contributed by atoms with Gasteiger partial charge in [-0.25, -0.2) is 0 Å². The van der Waals surface area contributed by atoms with Gasteiger partial charge in [-0.1, -0.05) is 18.2 Å². The third kappa shape index (κ3) is 4.76. The molecular weight excluding hydrogens is 354 g/mol. The largest absolute Gasteiger partial charge is 0.379 e. The lowest BCUT2D eigenvalue weighted by Crippen LogP contribution is -2.35. The van der Waals surface area contributed by atoms with Crippen LogP contribution in [0, 0.1) is 0 Å². The van der Waals surface area contributed by atoms with Crippen molar-refractivity contribution in [3.63, 3.8) is 0 Å². The predicted molar refractivity (Wildman–Crippen MR) is 109 cm³/mol. The lowest BCUT2D eigenvalue weighted by molar-refractivity contribution is 0.0342. The highest BCUT2D eigenvalue weighted by atomic mass is 16.5. The molecule has 3 N–H and O–H groups in total. The molecule has 28 heavy (non-hydrogen) atoms. The van der Waals surface area contributed by atoms with E-state index in [-0.39, 0.29) is 5.91 Å². The Labute approximate surface area is 163 Å². The Balaban J connectivity index is 1.36. The SMILES string of the molecule is O=C(Nc1cccc(Nc2ccc(CN3CCOCC3)cc2)c1)c1cn[nH]c1. The fourth-order valence-electron chi connectivity index (χ4n) is 3.13. The topological polar surface area (TPSA) is 82.3 Å². The van der Waals surface area contributed by atoms with E-state index >= 15 is 0 Å². The van der Waals surface area contributed by atoms with E-state index in [1.165, 1.54) is 11.8 Å². The summed E-state index contributed by atoms with van der Waals surface area (Å²) < 4.78 is 5.39. The molecule has 0 radical (unpaired) electrons. The van der Waals surface area contributed by atoms with Crippen LogP contribution < -0.4 is 10.6 Å². The number of carbonyl (C=O) groups excluding carboxylic acids is 1. The normalized spacial score (nSPS) is 14.6. The second-order valence-corrected chi connectivity index (χ2v) is 6.73. The molecule has 1 amide bonds. The molecule has 0 bridgehead atoms. The lowest BCUT2D eigenvalue weighted by atomic mass is 10.1. The molecule has 3 aromatic rings. The fraction of sp³-hybridized carbons (Fsp3) is 0.238. The van der Waals surface area contributed by atoms with Gasteiger partial charge in [0.05, 0.1) is 25.0 Å². The van der Waals surface area contributed by atoms with E-state index < -0.39 is 0 Å². The number of hydrogen-bond donors (Lipinski definition) is 3. The summed E-state index contributed by atoms with van der Waals surface area (Å²) in [6, 6.07) is 16.1. The van der Waals surface area contributed by atoms with Gasteiger partial charge in [0, 0.05) is 42.9 Å². The van der Waals surface area contributed by atoms with E-state index in [4.69, 9.17) is 4.74 Å². The summed E-state index contributed by atoms with van der Waals surface area (Å²) >= 11 is 0. The summed E-state index contributed by atoms with van der Waals surface area (Å²) in [7, 11) is 0. The van der Waals surface area contributed by atoms with Gasteiger partial charge in [0.15, 0.2) is 0 Å². The molecule has 0 aliphatic carbocycles. The summed E-state index contributed by atoms with van der Waals surface area (Å²) in [4.78, 5) is 14.5. The molecule has 0 atom stereocenters. The van der Waals surface area contributed by atoms with E-state index in [0.29, 0.717) is 5.56 Å². The minimum absolute atomic E-state index is 0.196. The van der Waals surface area contributed by atoms with Crippen LogP contribution >= 0.6 is 0 Å². The van der Waals surface area contributed by atoms with Crippen molar-refractivity contribution in [2.75, 3.05) is 36.9 Å². The lowest BCUT2D eigenvalue weighted by Gasteiger charge is -2.26. The van der Waals surface area contributed by atoms with Gasteiger partial charge in [0.1, 0.15) is 0 Å². The standard InChI is InChI=1S/C21H23N5O2/c27-21(17-13-22-23-14-17)25-20-3-1-2-19(12-20)24-18-6-4-16(5-7-18)15-26-8-10-28-11-9-26/h1-7,12-14,24H,8-11,15H2,(H,22,23)(H,25,27). The number of benzene rings is 2. The van der Waals surface area contributed by atoms with Crippen LogP contribution in [0.2, 0.25) is 0 Å². The molecule has 0 saturated carbocycles. The van der Waals surface area contributed by atoms with Gasteiger partial charge >= 0.3 is 0 Å². The number of nitrogens with zero attached hydrogens (tertiary/aromatic N) is 2. The second kappa shape index (κ2) is 8.69. The summed E-state index contributed by atoms with van der Waals surface area (Å²) in [5, 5.41) is 12.7. The Kier molecular flexibility index (Phi) is 5.65. The van der Waals surface area contributed by atoms with Gasteiger partial charge in [0.25, 0.3) is 5.91 Å². The maximum absolute atomic E-state index is 12.1. The molecule has 1 saturated heterocycles. The average molecular weight is 377 g/mol. The summed E-state index contributed by atoms with van der Waals surface area (Å²) in [6.07, 6.45) is 3.06. The first-order valence-corrected chi connectivity index (χ1v) is 9.32. The number of rotatable bonds is 6. The number of anilines is 3. The van der Waals surface area contributed by atoms with Crippen molar-refractivity contribution in [1.82, 2.24) is 15.1 Å². The minimum atomic E-state index is -0.196. The monoisotopic (exact) mass is 377 g/mol. The maximum atomic E-state index is 12.1. The summed E-state index contributed by atoms with van der Waals surface area (Å²) in [5.74, 6) is -0.196. The van der Waals surface area contributed by atoms with Gasteiger partial charge in [-0.2, -0.15) is 5.10 Å². The van der Waals surface area contributed by atoms with Crippen LogP contribution in [-0.2, 0) is 11.3 Å². The highest BCUT2D eigenvalue weighted by Gasteiger charge is 2.10. The van der Waals surface area contributed by atoms with E-state index in [1.807, 2.05) is 24.3 Å². The van der Waals surface area contributed by atoms with Gasteiger partial charge in [-0.05, 0) is 35.9 Å². The molecule has 1 aromatic heterocycles. The van der Waals surface area contributed by atoms with Crippen LogP contribution in [-0.4, -0.2) is 47.3 Å². The molecule has 0 spiro atoms. The zero-order valence-electron chi connectivity index (χ0n) is 15.5. The number of nitrogens with one attached hydrogen (secondary N) is 3. The highest BCUT2D eigenvalue weighted by Crippen LogP contribution is 2.21. The first kappa shape index (κ1) is 18.2. The first-order chi connectivity index (χ1) is 13.8. The molecule has 7 nitrogen and oxygen atoms in total. The molecule has 2 aromatic carbocycles. The van der Waals surface area contributed by atoms with Gasteiger partial charge in [-0.3, -0.25) is 14.8 Å². The Bertz CT molecular complexity index is 903. The van der Waals surface area contributed by atoms with Crippen LogP contribution in [0.1, 0.15) is 15.9 Å². The predicted octanol–water partition coefficient (Wildman–Crippen LogP) is 3.24. The zero-order chi connectivity index (χ0) is 19.2. The number of aromatic amines is 1. The molecule has 7 heteroatoms. The number of H-pyrrole nitrogens is 1. The molecule has 0 unspecified atom stereocenters. The first-order valence-electron chi connectivity index (χ1n) is 9.32. The number of carbonyl (C=O) groups is 1. The van der Waals surface area contributed by atoms with Crippen molar-refractivity contribution in [2.24, 2.45) is 0 Å². The van der Waals surface area contributed by atoms with Crippen molar-refractivity contribution in [2.45, 2.75) is 6.54 Å². The number of amides is 1. The third-order valence-electron chi connectivity index (χ3n) is 4.63. The number of ether oxygens (including phenoxy) is 1. The van der Waals surface area contributed by atoms with Crippen LogP contribution in [0.15, 0.2) is 60.9 Å². The molecule has 4 rings (SSSR count). The Morgan fingerprint density at radius 2 is 1.86 bits per heavy atom. The maximum Gasteiger partial charge on any atom is 0.258 e. The average Bonchev–Trinajstić information content (AvgIpc) is 3.26. The van der Waals surface area contributed by atoms with Crippen molar-refractivity contribution >= 4 is 23.0 Å². The van der Waals surface area contributed by atoms with Crippen molar-refractivity contribution in [3.8, 4) is 0 Å². The number of hydrogen-bond acceptors (Lipinski definition) is 5. The molecule has 2 heterocycles. The van der Waals surface area contributed by atoms with Gasteiger partial charge in [-0.15, -0.1) is 0 Å². The van der Waals surface area contributed by atoms with Crippen LogP contribution in [0.3, 0.4) is 0 Å². The minimum Gasteiger partial charge on any atom is -0.379 e. The molecular formula is C21H23N5O2. The number of morpholine rings is 1. The van der Waals surface area contributed by atoms with Gasteiger partial charge in [0.2, 0.25) is 0 Å². The van der Waals surface area contributed by atoms with Crippen molar-refractivity contribution in [3.05, 3.63) is 72.1 Å². The van der Waals surface area contributed by atoms with Crippen LogP contribution in [0.25, 0.3) is 0 Å². The van der Waals surface area contributed by atoms with Crippen LogP contribution in [0.4, 0.5) is 17.1 Å². The number of aromatic nitrogens is 2. The fourth-order valence-corrected chi connectivity index (χ4v) is 3.13. The quantitative estimate of drug-likeness (QED) is 0.614. The van der Waals surface area contributed by atoms with Crippen LogP contribution in [0.5, 0.6) is 0 Å². The summed E-state index contributed by atoms with van der Waals surface area (Å²) in [5.41, 5.74) is 4.41. The third-order valence-corrected chi connectivity index (χ3v) is 4.63. The Morgan fingerprint density at radius 3 is 2.61 bits per heavy atom. The Hall–Kier alpha value is -3.16. The highest BCUT2D eigenvalue weighted by molar-refractivity contribution is 6.04. The molecule has 1 fully saturated rings. The van der Waals surface area contributed by atoms with Crippen molar-refractivity contribution < 1.29 is 9.53 Å². The van der Waals surface area contributed by atoms with Gasteiger partial charge < -0.3 is 15.4 Å². The Morgan fingerprint density at radius 1 is 1.07 bits per heavy atom.